The molecule has 0 fully saturated rings. The van der Waals surface area contributed by atoms with Crippen LogP contribution in [0.3, 0.4) is 0 Å². The standard InChI is InChI=1S/C20H16N4O2/c1-14(25)22-20-18(12-7-15-5-3-2-4-6-15)23-19(13-21-20)16-8-10-17(24-26)11-9-16/h2-13H,1H3,(H,21,22,25)/b12-7+. The molecule has 2 aromatic carbocycles. The summed E-state index contributed by atoms with van der Waals surface area (Å²) in [5, 5.41) is 5.57. The number of amides is 1. The van der Waals surface area contributed by atoms with Gasteiger partial charge in [0.15, 0.2) is 5.82 Å². The lowest BCUT2D eigenvalue weighted by atomic mass is 10.1. The molecule has 3 rings (SSSR count). The highest BCUT2D eigenvalue weighted by atomic mass is 16.3. The lowest BCUT2D eigenvalue weighted by molar-refractivity contribution is -0.114. The molecule has 0 bridgehead atoms. The van der Waals surface area contributed by atoms with Gasteiger partial charge in [-0.05, 0) is 28.9 Å². The highest BCUT2D eigenvalue weighted by Crippen LogP contribution is 2.23. The average molecular weight is 344 g/mol. The van der Waals surface area contributed by atoms with Gasteiger partial charge in [0.2, 0.25) is 5.91 Å². The van der Waals surface area contributed by atoms with E-state index in [1.54, 1.807) is 36.5 Å². The van der Waals surface area contributed by atoms with Gasteiger partial charge >= 0.3 is 0 Å². The second-order valence-electron chi connectivity index (χ2n) is 5.55. The summed E-state index contributed by atoms with van der Waals surface area (Å²) in [4.78, 5) is 30.9. The van der Waals surface area contributed by atoms with Crippen molar-refractivity contribution in [2.24, 2.45) is 5.18 Å². The van der Waals surface area contributed by atoms with Crippen molar-refractivity contribution in [3.8, 4) is 11.3 Å². The third-order valence-electron chi connectivity index (χ3n) is 3.60. The van der Waals surface area contributed by atoms with Crippen LogP contribution in [0.1, 0.15) is 18.2 Å². The number of nitroso groups, excluding NO2 is 1. The summed E-state index contributed by atoms with van der Waals surface area (Å²) in [6.45, 7) is 1.42. The Balaban J connectivity index is 1.99. The maximum Gasteiger partial charge on any atom is 0.222 e. The molecule has 0 saturated heterocycles. The summed E-state index contributed by atoms with van der Waals surface area (Å²) in [5.41, 5.74) is 3.33. The van der Waals surface area contributed by atoms with Crippen LogP contribution in [0.15, 0.2) is 66.0 Å². The molecule has 1 heterocycles. The number of aromatic nitrogens is 2. The number of nitrogens with zero attached hydrogens (tertiary/aromatic N) is 3. The molecule has 0 atom stereocenters. The molecule has 0 aliphatic heterocycles. The van der Waals surface area contributed by atoms with Crippen molar-refractivity contribution in [2.75, 3.05) is 5.32 Å². The fraction of sp³-hybridized carbons (Fsp3) is 0.0500. The van der Waals surface area contributed by atoms with Crippen LogP contribution in [0.5, 0.6) is 0 Å². The number of hydrogen-bond acceptors (Lipinski definition) is 5. The van der Waals surface area contributed by atoms with E-state index in [4.69, 9.17) is 0 Å². The van der Waals surface area contributed by atoms with Crippen LogP contribution in [0, 0.1) is 4.91 Å². The third kappa shape index (κ3) is 4.24. The van der Waals surface area contributed by atoms with Gasteiger partial charge in [-0.15, -0.1) is 4.91 Å². The SMILES string of the molecule is CC(=O)Nc1ncc(-c2ccc(N=O)cc2)nc1/C=C/c1ccccc1. The molecular weight excluding hydrogens is 328 g/mol. The van der Waals surface area contributed by atoms with Crippen molar-refractivity contribution < 1.29 is 4.79 Å². The van der Waals surface area contributed by atoms with E-state index >= 15 is 0 Å². The van der Waals surface area contributed by atoms with E-state index in [0.29, 0.717) is 22.9 Å². The first-order valence-corrected chi connectivity index (χ1v) is 7.97. The van der Waals surface area contributed by atoms with Gasteiger partial charge in [-0.3, -0.25) is 4.79 Å². The number of carbonyl (C=O) groups is 1. The number of anilines is 1. The number of benzene rings is 2. The summed E-state index contributed by atoms with van der Waals surface area (Å²) in [7, 11) is 0. The second-order valence-corrected chi connectivity index (χ2v) is 5.55. The number of carbonyl (C=O) groups excluding carboxylic acids is 1. The summed E-state index contributed by atoms with van der Waals surface area (Å²) >= 11 is 0. The largest absolute Gasteiger partial charge is 0.309 e. The maximum atomic E-state index is 11.4. The van der Waals surface area contributed by atoms with Gasteiger partial charge in [0, 0.05) is 12.5 Å². The Morgan fingerprint density at radius 2 is 1.77 bits per heavy atom. The Bertz CT molecular complexity index is 951. The van der Waals surface area contributed by atoms with Crippen molar-refractivity contribution in [1.82, 2.24) is 9.97 Å². The lowest BCUT2D eigenvalue weighted by Crippen LogP contribution is -2.10. The fourth-order valence-corrected chi connectivity index (χ4v) is 2.35. The predicted molar refractivity (Wildman–Crippen MR) is 103 cm³/mol. The van der Waals surface area contributed by atoms with Gasteiger partial charge in [-0.2, -0.15) is 0 Å². The van der Waals surface area contributed by atoms with Gasteiger partial charge in [0.05, 0.1) is 11.9 Å². The zero-order chi connectivity index (χ0) is 18.4. The number of hydrogen-bond donors (Lipinski definition) is 1. The Morgan fingerprint density at radius 3 is 2.42 bits per heavy atom. The molecule has 0 aliphatic carbocycles. The number of rotatable bonds is 5. The van der Waals surface area contributed by atoms with E-state index in [1.165, 1.54) is 6.92 Å². The first kappa shape index (κ1) is 17.2. The molecule has 1 amide bonds. The molecule has 128 valence electrons. The molecule has 0 saturated carbocycles. The zero-order valence-corrected chi connectivity index (χ0v) is 14.1. The minimum absolute atomic E-state index is 0.220. The molecule has 6 nitrogen and oxygen atoms in total. The molecule has 0 spiro atoms. The van der Waals surface area contributed by atoms with Crippen LogP contribution in [0.2, 0.25) is 0 Å². The summed E-state index contributed by atoms with van der Waals surface area (Å²) < 4.78 is 0. The molecular formula is C20H16N4O2. The second kappa shape index (κ2) is 7.94. The van der Waals surface area contributed by atoms with Crippen LogP contribution in [-0.2, 0) is 4.79 Å². The van der Waals surface area contributed by atoms with Gasteiger partial charge in [-0.25, -0.2) is 9.97 Å². The van der Waals surface area contributed by atoms with Gasteiger partial charge in [-0.1, -0.05) is 48.5 Å². The van der Waals surface area contributed by atoms with Crippen LogP contribution in [0.25, 0.3) is 23.4 Å². The van der Waals surface area contributed by atoms with E-state index in [-0.39, 0.29) is 5.91 Å². The van der Waals surface area contributed by atoms with Gasteiger partial charge in [0.1, 0.15) is 11.4 Å². The van der Waals surface area contributed by atoms with E-state index in [0.717, 1.165) is 11.1 Å². The normalized spacial score (nSPS) is 10.7. The minimum atomic E-state index is -0.220. The Morgan fingerprint density at radius 1 is 1.04 bits per heavy atom. The third-order valence-corrected chi connectivity index (χ3v) is 3.60. The Labute approximate surface area is 150 Å². The van der Waals surface area contributed by atoms with E-state index in [2.05, 4.69) is 20.5 Å². The highest BCUT2D eigenvalue weighted by molar-refractivity contribution is 5.90. The fourth-order valence-electron chi connectivity index (χ4n) is 2.35. The lowest BCUT2D eigenvalue weighted by Gasteiger charge is -2.08. The maximum absolute atomic E-state index is 11.4. The van der Waals surface area contributed by atoms with E-state index < -0.39 is 0 Å². The van der Waals surface area contributed by atoms with Crippen LogP contribution < -0.4 is 5.32 Å². The molecule has 0 radical (unpaired) electrons. The Hall–Kier alpha value is -3.67. The van der Waals surface area contributed by atoms with Crippen LogP contribution in [0.4, 0.5) is 11.5 Å². The van der Waals surface area contributed by atoms with Crippen molar-refractivity contribution in [3.63, 3.8) is 0 Å². The zero-order valence-electron chi connectivity index (χ0n) is 14.1. The predicted octanol–water partition coefficient (Wildman–Crippen LogP) is 4.67. The monoisotopic (exact) mass is 344 g/mol. The highest BCUT2D eigenvalue weighted by Gasteiger charge is 2.08. The van der Waals surface area contributed by atoms with Crippen molar-refractivity contribution in [3.05, 3.63) is 77.0 Å². The summed E-state index contributed by atoms with van der Waals surface area (Å²) in [6.07, 6.45) is 5.28. The molecule has 1 aromatic heterocycles. The van der Waals surface area contributed by atoms with Crippen LogP contribution >= 0.6 is 0 Å². The van der Waals surface area contributed by atoms with Crippen molar-refractivity contribution in [1.29, 1.82) is 0 Å². The minimum Gasteiger partial charge on any atom is -0.309 e. The smallest absolute Gasteiger partial charge is 0.222 e. The first-order valence-electron chi connectivity index (χ1n) is 7.97. The van der Waals surface area contributed by atoms with E-state index in [9.17, 15) is 9.70 Å². The van der Waals surface area contributed by atoms with E-state index in [1.807, 2.05) is 36.4 Å². The molecule has 0 aliphatic rings. The van der Waals surface area contributed by atoms with Crippen LogP contribution in [-0.4, -0.2) is 15.9 Å². The average Bonchev–Trinajstić information content (AvgIpc) is 2.68. The molecule has 6 heteroatoms. The molecule has 3 aromatic rings. The topological polar surface area (TPSA) is 84.3 Å². The number of nitrogens with one attached hydrogen (secondary N) is 1. The summed E-state index contributed by atoms with van der Waals surface area (Å²) in [6, 6.07) is 16.5. The van der Waals surface area contributed by atoms with Crippen molar-refractivity contribution in [2.45, 2.75) is 6.92 Å². The Kier molecular flexibility index (Phi) is 5.24. The molecule has 0 unspecified atom stereocenters. The molecule has 26 heavy (non-hydrogen) atoms. The first-order chi connectivity index (χ1) is 12.7. The quantitative estimate of drug-likeness (QED) is 0.682. The molecule has 1 N–H and O–H groups in total. The van der Waals surface area contributed by atoms with Gasteiger partial charge < -0.3 is 5.32 Å². The van der Waals surface area contributed by atoms with Gasteiger partial charge in [0.25, 0.3) is 0 Å². The van der Waals surface area contributed by atoms with Crippen molar-refractivity contribution >= 4 is 29.6 Å². The summed E-state index contributed by atoms with van der Waals surface area (Å²) in [5.74, 6) is 0.169.